The molecule has 1 aliphatic carbocycles. The Morgan fingerprint density at radius 3 is 2.50 bits per heavy atom. The van der Waals surface area contributed by atoms with E-state index in [2.05, 4.69) is 6.92 Å². The van der Waals surface area contributed by atoms with Crippen molar-refractivity contribution in [2.45, 2.75) is 51.9 Å². The highest BCUT2D eigenvalue weighted by molar-refractivity contribution is 4.83. The van der Waals surface area contributed by atoms with E-state index in [0.29, 0.717) is 6.42 Å². The number of alkyl halides is 2. The summed E-state index contributed by atoms with van der Waals surface area (Å²) in [6, 6.07) is 0. The standard InChI is InChI=1S/C10H18F2/c1-3-4-9-6-5-8(2)10(11,12)7-9/h8-9H,3-7H2,1-2H3. The molecule has 1 rings (SSSR count). The number of rotatable bonds is 2. The summed E-state index contributed by atoms with van der Waals surface area (Å²) in [6.45, 7) is 3.73. The largest absolute Gasteiger partial charge is 0.250 e. The van der Waals surface area contributed by atoms with Crippen molar-refractivity contribution in [2.75, 3.05) is 0 Å². The van der Waals surface area contributed by atoms with E-state index in [-0.39, 0.29) is 12.3 Å². The van der Waals surface area contributed by atoms with Crippen LogP contribution in [-0.2, 0) is 0 Å². The Hall–Kier alpha value is -0.140. The van der Waals surface area contributed by atoms with Crippen LogP contribution in [0.1, 0.15) is 46.0 Å². The highest BCUT2D eigenvalue weighted by Gasteiger charge is 2.41. The van der Waals surface area contributed by atoms with Gasteiger partial charge >= 0.3 is 0 Å². The van der Waals surface area contributed by atoms with Crippen molar-refractivity contribution in [3.63, 3.8) is 0 Å². The van der Waals surface area contributed by atoms with Crippen LogP contribution in [0.2, 0.25) is 0 Å². The second-order valence-corrected chi connectivity index (χ2v) is 4.10. The second-order valence-electron chi connectivity index (χ2n) is 4.10. The van der Waals surface area contributed by atoms with E-state index in [9.17, 15) is 8.78 Å². The first-order valence-electron chi connectivity index (χ1n) is 4.94. The average Bonchev–Trinajstić information content (AvgIpc) is 1.97. The Kier molecular flexibility index (Phi) is 3.08. The molecule has 0 N–H and O–H groups in total. The Morgan fingerprint density at radius 1 is 1.33 bits per heavy atom. The van der Waals surface area contributed by atoms with Crippen molar-refractivity contribution in [3.05, 3.63) is 0 Å². The fraction of sp³-hybridized carbons (Fsp3) is 1.00. The van der Waals surface area contributed by atoms with Gasteiger partial charge in [0.2, 0.25) is 0 Å². The molecular weight excluding hydrogens is 158 g/mol. The molecule has 0 amide bonds. The van der Waals surface area contributed by atoms with E-state index >= 15 is 0 Å². The molecule has 72 valence electrons. The third-order valence-corrected chi connectivity index (χ3v) is 2.99. The van der Waals surface area contributed by atoms with Gasteiger partial charge in [0.1, 0.15) is 0 Å². The molecule has 12 heavy (non-hydrogen) atoms. The van der Waals surface area contributed by atoms with Crippen LogP contribution in [0.25, 0.3) is 0 Å². The summed E-state index contributed by atoms with van der Waals surface area (Å²) in [5.41, 5.74) is 0. The molecule has 0 aliphatic heterocycles. The molecule has 0 bridgehead atoms. The van der Waals surface area contributed by atoms with Gasteiger partial charge in [0, 0.05) is 12.3 Å². The molecular formula is C10H18F2. The van der Waals surface area contributed by atoms with E-state index in [1.54, 1.807) is 6.92 Å². The van der Waals surface area contributed by atoms with Gasteiger partial charge in [-0.1, -0.05) is 26.7 Å². The molecule has 2 unspecified atom stereocenters. The van der Waals surface area contributed by atoms with Crippen molar-refractivity contribution < 1.29 is 8.78 Å². The van der Waals surface area contributed by atoms with Gasteiger partial charge < -0.3 is 0 Å². The first-order valence-corrected chi connectivity index (χ1v) is 4.94. The SMILES string of the molecule is CCCC1CCC(C)C(F)(F)C1. The summed E-state index contributed by atoms with van der Waals surface area (Å²) >= 11 is 0. The predicted molar refractivity (Wildman–Crippen MR) is 46.4 cm³/mol. The summed E-state index contributed by atoms with van der Waals surface area (Å²) < 4.78 is 26.3. The molecule has 1 saturated carbocycles. The van der Waals surface area contributed by atoms with Crippen molar-refractivity contribution in [1.29, 1.82) is 0 Å². The summed E-state index contributed by atoms with van der Waals surface area (Å²) in [4.78, 5) is 0. The van der Waals surface area contributed by atoms with Gasteiger partial charge in [0.15, 0.2) is 0 Å². The maximum absolute atomic E-state index is 13.2. The maximum atomic E-state index is 13.2. The zero-order valence-electron chi connectivity index (χ0n) is 7.95. The molecule has 1 fully saturated rings. The van der Waals surface area contributed by atoms with E-state index in [0.717, 1.165) is 19.3 Å². The molecule has 0 aromatic rings. The second kappa shape index (κ2) is 3.71. The van der Waals surface area contributed by atoms with Gasteiger partial charge in [-0.2, -0.15) is 0 Å². The molecule has 0 nitrogen and oxygen atoms in total. The monoisotopic (exact) mass is 176 g/mol. The molecule has 0 spiro atoms. The van der Waals surface area contributed by atoms with E-state index in [1.165, 1.54) is 0 Å². The lowest BCUT2D eigenvalue weighted by molar-refractivity contribution is -0.0962. The average molecular weight is 176 g/mol. The Labute approximate surface area is 73.3 Å². The smallest absolute Gasteiger partial charge is 0.207 e. The van der Waals surface area contributed by atoms with Crippen LogP contribution in [0.5, 0.6) is 0 Å². The number of hydrogen-bond acceptors (Lipinski definition) is 0. The fourth-order valence-corrected chi connectivity index (χ4v) is 2.04. The van der Waals surface area contributed by atoms with Crippen LogP contribution in [0.15, 0.2) is 0 Å². The molecule has 0 heterocycles. The van der Waals surface area contributed by atoms with Crippen LogP contribution in [0.3, 0.4) is 0 Å². The van der Waals surface area contributed by atoms with Gasteiger partial charge in [-0.3, -0.25) is 0 Å². The Bertz CT molecular complexity index is 143. The Morgan fingerprint density at radius 2 is 2.00 bits per heavy atom. The molecule has 0 saturated heterocycles. The lowest BCUT2D eigenvalue weighted by atomic mass is 9.78. The fourth-order valence-electron chi connectivity index (χ4n) is 2.04. The van der Waals surface area contributed by atoms with E-state index in [4.69, 9.17) is 0 Å². The van der Waals surface area contributed by atoms with Crippen LogP contribution in [0, 0.1) is 11.8 Å². The van der Waals surface area contributed by atoms with Crippen molar-refractivity contribution in [1.82, 2.24) is 0 Å². The van der Waals surface area contributed by atoms with E-state index < -0.39 is 11.8 Å². The normalized spacial score (nSPS) is 35.0. The predicted octanol–water partition coefficient (Wildman–Crippen LogP) is 3.86. The number of halogens is 2. The molecule has 0 radical (unpaired) electrons. The van der Waals surface area contributed by atoms with Crippen LogP contribution in [0.4, 0.5) is 8.78 Å². The van der Waals surface area contributed by atoms with Gasteiger partial charge in [-0.25, -0.2) is 8.78 Å². The van der Waals surface area contributed by atoms with Crippen molar-refractivity contribution in [3.8, 4) is 0 Å². The van der Waals surface area contributed by atoms with Gasteiger partial charge in [0.05, 0.1) is 0 Å². The summed E-state index contributed by atoms with van der Waals surface area (Å²) in [7, 11) is 0. The summed E-state index contributed by atoms with van der Waals surface area (Å²) in [5.74, 6) is -2.51. The first kappa shape index (κ1) is 9.94. The third-order valence-electron chi connectivity index (χ3n) is 2.99. The summed E-state index contributed by atoms with van der Waals surface area (Å²) in [5, 5.41) is 0. The number of hydrogen-bond donors (Lipinski definition) is 0. The topological polar surface area (TPSA) is 0 Å². The quantitative estimate of drug-likeness (QED) is 0.599. The van der Waals surface area contributed by atoms with Crippen LogP contribution in [-0.4, -0.2) is 5.92 Å². The van der Waals surface area contributed by atoms with Gasteiger partial charge in [-0.15, -0.1) is 0 Å². The minimum Gasteiger partial charge on any atom is -0.207 e. The van der Waals surface area contributed by atoms with Crippen LogP contribution < -0.4 is 0 Å². The van der Waals surface area contributed by atoms with Gasteiger partial charge in [-0.05, 0) is 18.8 Å². The minimum absolute atomic E-state index is 0.127. The highest BCUT2D eigenvalue weighted by atomic mass is 19.3. The molecule has 0 aromatic heterocycles. The molecule has 0 aromatic carbocycles. The Balaban J connectivity index is 2.45. The maximum Gasteiger partial charge on any atom is 0.250 e. The minimum atomic E-state index is -2.39. The first-order chi connectivity index (χ1) is 5.56. The molecule has 1 aliphatic rings. The van der Waals surface area contributed by atoms with Gasteiger partial charge in [0.25, 0.3) is 5.92 Å². The third kappa shape index (κ3) is 2.18. The van der Waals surface area contributed by atoms with Crippen molar-refractivity contribution >= 4 is 0 Å². The van der Waals surface area contributed by atoms with Crippen molar-refractivity contribution in [2.24, 2.45) is 11.8 Å². The summed E-state index contributed by atoms with van der Waals surface area (Å²) in [6.07, 6.45) is 3.85. The molecule has 2 heteroatoms. The molecule has 2 atom stereocenters. The van der Waals surface area contributed by atoms with Crippen LogP contribution >= 0.6 is 0 Å². The zero-order chi connectivity index (χ0) is 9.19. The van der Waals surface area contributed by atoms with E-state index in [1.807, 2.05) is 0 Å². The lowest BCUT2D eigenvalue weighted by Gasteiger charge is -2.33. The zero-order valence-corrected chi connectivity index (χ0v) is 7.95. The highest BCUT2D eigenvalue weighted by Crippen LogP contribution is 2.42. The lowest BCUT2D eigenvalue weighted by Crippen LogP contribution is -2.33.